The largest absolute Gasteiger partial charge is 0.496 e. The van der Waals surface area contributed by atoms with Crippen LogP contribution in [0.15, 0.2) is 22.7 Å². The molecule has 0 aromatic heterocycles. The summed E-state index contributed by atoms with van der Waals surface area (Å²) in [5.41, 5.74) is 0.870. The standard InChI is InChI=1S/C11H10BrNO/c1-13-11(5-6-11)8-3-4-10(14-2)9(12)7-8/h3-4,7H,5-6H2,2H3. The van der Waals surface area contributed by atoms with Gasteiger partial charge in [0, 0.05) is 18.4 Å². The summed E-state index contributed by atoms with van der Waals surface area (Å²) in [7, 11) is 1.64. The topological polar surface area (TPSA) is 13.6 Å². The number of benzene rings is 1. The van der Waals surface area contributed by atoms with Gasteiger partial charge in [0.25, 0.3) is 5.54 Å². The molecule has 0 amide bonds. The zero-order valence-corrected chi connectivity index (χ0v) is 9.47. The van der Waals surface area contributed by atoms with Crippen molar-refractivity contribution in [1.29, 1.82) is 0 Å². The average molecular weight is 252 g/mol. The monoisotopic (exact) mass is 251 g/mol. The minimum absolute atomic E-state index is 0.227. The molecule has 0 heterocycles. The van der Waals surface area contributed by atoms with Gasteiger partial charge in [-0.15, -0.1) is 0 Å². The van der Waals surface area contributed by atoms with Gasteiger partial charge >= 0.3 is 0 Å². The minimum atomic E-state index is -0.227. The van der Waals surface area contributed by atoms with E-state index < -0.39 is 0 Å². The second-order valence-electron chi connectivity index (χ2n) is 3.49. The van der Waals surface area contributed by atoms with Crippen molar-refractivity contribution in [2.75, 3.05) is 7.11 Å². The van der Waals surface area contributed by atoms with E-state index >= 15 is 0 Å². The SMILES string of the molecule is [C-]#[N+]C1(c2ccc(OC)c(Br)c2)CC1. The number of ether oxygens (including phenoxy) is 1. The molecule has 1 aromatic rings. The van der Waals surface area contributed by atoms with Gasteiger partial charge in [-0.3, -0.25) is 0 Å². The van der Waals surface area contributed by atoms with E-state index in [1.165, 1.54) is 0 Å². The van der Waals surface area contributed by atoms with Crippen LogP contribution in [-0.4, -0.2) is 7.11 Å². The third-order valence-corrected chi connectivity index (χ3v) is 3.25. The number of hydrogen-bond acceptors (Lipinski definition) is 1. The molecule has 0 spiro atoms. The van der Waals surface area contributed by atoms with Crippen LogP contribution in [0.2, 0.25) is 0 Å². The summed E-state index contributed by atoms with van der Waals surface area (Å²) in [5.74, 6) is 0.814. The zero-order valence-electron chi connectivity index (χ0n) is 7.88. The van der Waals surface area contributed by atoms with Gasteiger partial charge in [-0.05, 0) is 34.1 Å². The molecule has 14 heavy (non-hydrogen) atoms. The van der Waals surface area contributed by atoms with E-state index in [2.05, 4.69) is 20.8 Å². The summed E-state index contributed by atoms with van der Waals surface area (Å²) < 4.78 is 6.07. The predicted octanol–water partition coefficient (Wildman–Crippen LogP) is 3.37. The highest BCUT2D eigenvalue weighted by Crippen LogP contribution is 2.50. The lowest BCUT2D eigenvalue weighted by molar-refractivity contribution is 0.412. The quantitative estimate of drug-likeness (QED) is 0.736. The van der Waals surface area contributed by atoms with Crippen molar-refractivity contribution in [3.05, 3.63) is 39.7 Å². The fraction of sp³-hybridized carbons (Fsp3) is 0.364. The first-order valence-electron chi connectivity index (χ1n) is 4.44. The van der Waals surface area contributed by atoms with Gasteiger partial charge in [0.1, 0.15) is 5.75 Å². The maximum atomic E-state index is 7.15. The summed E-state index contributed by atoms with van der Waals surface area (Å²) in [6, 6.07) is 5.88. The smallest absolute Gasteiger partial charge is 0.258 e. The molecule has 1 aliphatic rings. The lowest BCUT2D eigenvalue weighted by Gasteiger charge is -2.06. The molecule has 1 saturated carbocycles. The van der Waals surface area contributed by atoms with Crippen LogP contribution in [0.1, 0.15) is 18.4 Å². The van der Waals surface area contributed by atoms with Gasteiger partial charge in [-0.25, -0.2) is 6.57 Å². The Morgan fingerprint density at radius 1 is 1.50 bits per heavy atom. The fourth-order valence-corrected chi connectivity index (χ4v) is 2.08. The third-order valence-electron chi connectivity index (χ3n) is 2.63. The van der Waals surface area contributed by atoms with Gasteiger partial charge in [-0.2, -0.15) is 0 Å². The van der Waals surface area contributed by atoms with Gasteiger partial charge in [-0.1, -0.05) is 0 Å². The minimum Gasteiger partial charge on any atom is -0.496 e. The van der Waals surface area contributed by atoms with Crippen LogP contribution >= 0.6 is 15.9 Å². The molecular formula is C11H10BrNO. The van der Waals surface area contributed by atoms with Crippen LogP contribution in [0, 0.1) is 6.57 Å². The van der Waals surface area contributed by atoms with E-state index in [9.17, 15) is 0 Å². The third kappa shape index (κ3) is 1.40. The van der Waals surface area contributed by atoms with Crippen molar-refractivity contribution < 1.29 is 4.74 Å². The molecule has 2 rings (SSSR count). The summed E-state index contributed by atoms with van der Waals surface area (Å²) in [6.45, 7) is 7.15. The Labute approximate surface area is 91.8 Å². The first kappa shape index (κ1) is 9.54. The number of halogens is 1. The Hall–Kier alpha value is -1.01. The molecule has 1 fully saturated rings. The van der Waals surface area contributed by atoms with E-state index in [0.717, 1.165) is 28.6 Å². The number of rotatable bonds is 2. The molecule has 0 saturated heterocycles. The van der Waals surface area contributed by atoms with Crippen LogP contribution in [0.5, 0.6) is 5.75 Å². The molecule has 1 aliphatic carbocycles. The van der Waals surface area contributed by atoms with Crippen molar-refractivity contribution in [3.8, 4) is 5.75 Å². The molecular weight excluding hydrogens is 242 g/mol. The van der Waals surface area contributed by atoms with Crippen molar-refractivity contribution in [3.63, 3.8) is 0 Å². The maximum absolute atomic E-state index is 7.15. The Morgan fingerprint density at radius 2 is 2.21 bits per heavy atom. The van der Waals surface area contributed by atoms with Crippen molar-refractivity contribution in [2.24, 2.45) is 0 Å². The highest BCUT2D eigenvalue weighted by molar-refractivity contribution is 9.10. The van der Waals surface area contributed by atoms with Gasteiger partial charge in [0.05, 0.1) is 11.6 Å². The molecule has 0 aliphatic heterocycles. The van der Waals surface area contributed by atoms with Crippen LogP contribution < -0.4 is 4.74 Å². The van der Waals surface area contributed by atoms with Crippen LogP contribution in [0.4, 0.5) is 0 Å². The second kappa shape index (κ2) is 3.29. The van der Waals surface area contributed by atoms with E-state index in [1.807, 2.05) is 18.2 Å². The number of hydrogen-bond donors (Lipinski definition) is 0. The second-order valence-corrected chi connectivity index (χ2v) is 4.35. The summed E-state index contributed by atoms with van der Waals surface area (Å²) in [5, 5.41) is 0. The maximum Gasteiger partial charge on any atom is 0.258 e. The Morgan fingerprint density at radius 3 is 2.64 bits per heavy atom. The predicted molar refractivity (Wildman–Crippen MR) is 58.2 cm³/mol. The molecule has 0 atom stereocenters. The lowest BCUT2D eigenvalue weighted by atomic mass is 10.1. The lowest BCUT2D eigenvalue weighted by Crippen LogP contribution is -1.99. The van der Waals surface area contributed by atoms with Crippen LogP contribution in [-0.2, 0) is 5.54 Å². The molecule has 0 N–H and O–H groups in total. The Bertz CT molecular complexity index is 404. The normalized spacial score (nSPS) is 17.2. The molecule has 2 nitrogen and oxygen atoms in total. The van der Waals surface area contributed by atoms with Crippen molar-refractivity contribution >= 4 is 15.9 Å². The van der Waals surface area contributed by atoms with Gasteiger partial charge < -0.3 is 9.58 Å². The van der Waals surface area contributed by atoms with E-state index in [0.29, 0.717) is 0 Å². The molecule has 72 valence electrons. The van der Waals surface area contributed by atoms with Gasteiger partial charge in [0.15, 0.2) is 0 Å². The molecule has 3 heteroatoms. The molecule has 0 radical (unpaired) electrons. The summed E-state index contributed by atoms with van der Waals surface area (Å²) in [4.78, 5) is 3.69. The van der Waals surface area contributed by atoms with Crippen LogP contribution in [0.25, 0.3) is 4.85 Å². The van der Waals surface area contributed by atoms with E-state index in [4.69, 9.17) is 11.3 Å². The Balaban J connectivity index is 2.39. The first-order valence-corrected chi connectivity index (χ1v) is 5.24. The van der Waals surface area contributed by atoms with E-state index in [1.54, 1.807) is 7.11 Å². The van der Waals surface area contributed by atoms with Crippen LogP contribution in [0.3, 0.4) is 0 Å². The highest BCUT2D eigenvalue weighted by Gasteiger charge is 2.52. The van der Waals surface area contributed by atoms with E-state index in [-0.39, 0.29) is 5.54 Å². The zero-order chi connectivity index (χ0) is 10.2. The average Bonchev–Trinajstić information content (AvgIpc) is 2.98. The number of nitrogens with zero attached hydrogens (tertiary/aromatic N) is 1. The van der Waals surface area contributed by atoms with Crippen molar-refractivity contribution in [1.82, 2.24) is 0 Å². The number of methoxy groups -OCH3 is 1. The Kier molecular flexibility index (Phi) is 2.24. The molecule has 0 bridgehead atoms. The van der Waals surface area contributed by atoms with Gasteiger partial charge in [0.2, 0.25) is 0 Å². The molecule has 1 aromatic carbocycles. The van der Waals surface area contributed by atoms with Crippen molar-refractivity contribution in [2.45, 2.75) is 18.4 Å². The summed E-state index contributed by atoms with van der Waals surface area (Å²) >= 11 is 3.43. The highest BCUT2D eigenvalue weighted by atomic mass is 79.9. The molecule has 0 unspecified atom stereocenters. The summed E-state index contributed by atoms with van der Waals surface area (Å²) in [6.07, 6.45) is 1.96. The fourth-order valence-electron chi connectivity index (χ4n) is 1.54. The first-order chi connectivity index (χ1) is 6.72.